The van der Waals surface area contributed by atoms with Gasteiger partial charge in [-0.25, -0.2) is 0 Å². The Hall–Kier alpha value is -1.84. The molecule has 1 heterocycles. The van der Waals surface area contributed by atoms with Gasteiger partial charge in [0.05, 0.1) is 0 Å². The zero-order valence-corrected chi connectivity index (χ0v) is 13.3. The van der Waals surface area contributed by atoms with Gasteiger partial charge >= 0.3 is 0 Å². The van der Waals surface area contributed by atoms with Crippen molar-refractivity contribution < 1.29 is 9.59 Å². The van der Waals surface area contributed by atoms with Crippen LogP contribution in [0.2, 0.25) is 0 Å². The Labute approximate surface area is 126 Å². The second-order valence-corrected chi connectivity index (χ2v) is 5.81. The number of hydrogen-bond donors (Lipinski definition) is 1. The van der Waals surface area contributed by atoms with Crippen molar-refractivity contribution in [1.82, 2.24) is 10.2 Å². The van der Waals surface area contributed by atoms with Gasteiger partial charge in [-0.2, -0.15) is 0 Å². The minimum Gasteiger partial charge on any atom is -0.340 e. The van der Waals surface area contributed by atoms with E-state index in [4.69, 9.17) is 0 Å². The van der Waals surface area contributed by atoms with Crippen LogP contribution < -0.4 is 5.32 Å². The lowest BCUT2D eigenvalue weighted by molar-refractivity contribution is -0.155. The van der Waals surface area contributed by atoms with Gasteiger partial charge < -0.3 is 10.2 Å². The van der Waals surface area contributed by atoms with E-state index in [0.29, 0.717) is 19.4 Å². The van der Waals surface area contributed by atoms with Gasteiger partial charge in [0.15, 0.2) is 0 Å². The summed E-state index contributed by atoms with van der Waals surface area (Å²) in [4.78, 5) is 26.9. The van der Waals surface area contributed by atoms with E-state index in [2.05, 4.69) is 5.32 Å². The van der Waals surface area contributed by atoms with Crippen LogP contribution in [0, 0.1) is 6.92 Å². The number of carbonyl (C=O) groups is 2. The molecule has 0 spiro atoms. The standard InChI is InChI=1S/C17H24N2O2/c1-5-17(6-2)16(21)19(13(4)15(20)18-17)11-14-10-8-7-9-12(14)3/h7-10,13H,5-6,11H2,1-4H3,(H,18,20). The molecule has 1 aliphatic heterocycles. The fraction of sp³-hybridized carbons (Fsp3) is 0.529. The number of nitrogens with zero attached hydrogens (tertiary/aromatic N) is 1. The Morgan fingerprint density at radius 1 is 1.19 bits per heavy atom. The third-order valence-corrected chi connectivity index (χ3v) is 4.69. The van der Waals surface area contributed by atoms with Crippen molar-refractivity contribution in [1.29, 1.82) is 0 Å². The minimum atomic E-state index is -0.744. The molecule has 1 atom stereocenters. The Bertz CT molecular complexity index is 549. The summed E-state index contributed by atoms with van der Waals surface area (Å²) in [7, 11) is 0. The molecule has 0 radical (unpaired) electrons. The number of hydrogen-bond acceptors (Lipinski definition) is 2. The number of piperazine rings is 1. The van der Waals surface area contributed by atoms with Gasteiger partial charge in [0.1, 0.15) is 11.6 Å². The maximum Gasteiger partial charge on any atom is 0.249 e. The highest BCUT2D eigenvalue weighted by Crippen LogP contribution is 2.26. The topological polar surface area (TPSA) is 49.4 Å². The van der Waals surface area contributed by atoms with Crippen molar-refractivity contribution in [2.45, 2.75) is 58.7 Å². The van der Waals surface area contributed by atoms with Crippen LogP contribution in [0.3, 0.4) is 0 Å². The summed E-state index contributed by atoms with van der Waals surface area (Å²) in [5.74, 6) is -0.0327. The van der Waals surface area contributed by atoms with E-state index in [9.17, 15) is 9.59 Å². The molecule has 2 rings (SSSR count). The molecule has 1 saturated heterocycles. The highest BCUT2D eigenvalue weighted by atomic mass is 16.2. The third kappa shape index (κ3) is 2.67. The maximum atomic E-state index is 12.9. The van der Waals surface area contributed by atoms with E-state index in [1.165, 1.54) is 0 Å². The van der Waals surface area contributed by atoms with Gasteiger partial charge in [0.25, 0.3) is 0 Å². The molecule has 1 aromatic carbocycles. The number of nitrogens with one attached hydrogen (secondary N) is 1. The largest absolute Gasteiger partial charge is 0.340 e. The molecule has 1 N–H and O–H groups in total. The minimum absolute atomic E-state index is 0.0304. The van der Waals surface area contributed by atoms with Crippen LogP contribution in [-0.2, 0) is 16.1 Å². The molecule has 0 aliphatic carbocycles. The lowest BCUT2D eigenvalue weighted by Gasteiger charge is -2.44. The lowest BCUT2D eigenvalue weighted by atomic mass is 9.87. The Balaban J connectivity index is 2.34. The number of amides is 2. The van der Waals surface area contributed by atoms with Crippen LogP contribution in [0.5, 0.6) is 0 Å². The van der Waals surface area contributed by atoms with Gasteiger partial charge in [-0.15, -0.1) is 0 Å². The predicted molar refractivity (Wildman–Crippen MR) is 82.6 cm³/mol. The average molecular weight is 288 g/mol. The third-order valence-electron chi connectivity index (χ3n) is 4.69. The second-order valence-electron chi connectivity index (χ2n) is 5.81. The molecule has 1 unspecified atom stereocenters. The van der Waals surface area contributed by atoms with Gasteiger partial charge in [-0.1, -0.05) is 38.1 Å². The fourth-order valence-electron chi connectivity index (χ4n) is 2.90. The van der Waals surface area contributed by atoms with Crippen molar-refractivity contribution in [3.8, 4) is 0 Å². The monoisotopic (exact) mass is 288 g/mol. The molecule has 0 bridgehead atoms. The zero-order chi connectivity index (χ0) is 15.6. The maximum absolute atomic E-state index is 12.9. The molecule has 4 heteroatoms. The number of rotatable bonds is 4. The summed E-state index contributed by atoms with van der Waals surface area (Å²) in [6.07, 6.45) is 1.23. The lowest BCUT2D eigenvalue weighted by Crippen LogP contribution is -2.69. The molecule has 1 aliphatic rings. The van der Waals surface area contributed by atoms with Crippen LogP contribution in [-0.4, -0.2) is 28.3 Å². The summed E-state index contributed by atoms with van der Waals surface area (Å²) >= 11 is 0. The SMILES string of the molecule is CCC1(CC)NC(=O)C(C)N(Cc2ccccc2C)C1=O. The van der Waals surface area contributed by atoms with Crippen LogP contribution in [0.4, 0.5) is 0 Å². The van der Waals surface area contributed by atoms with Gasteiger partial charge in [-0.3, -0.25) is 9.59 Å². The summed E-state index contributed by atoms with van der Waals surface area (Å²) in [5, 5.41) is 2.93. The van der Waals surface area contributed by atoms with Crippen LogP contribution >= 0.6 is 0 Å². The summed E-state index contributed by atoms with van der Waals surface area (Å²) in [5.41, 5.74) is 1.49. The quantitative estimate of drug-likeness (QED) is 0.925. The number of carbonyl (C=O) groups excluding carboxylic acids is 2. The van der Waals surface area contributed by atoms with E-state index in [0.717, 1.165) is 11.1 Å². The molecule has 0 aromatic heterocycles. The average Bonchev–Trinajstić information content (AvgIpc) is 2.49. The van der Waals surface area contributed by atoms with Gasteiger partial charge in [-0.05, 0) is 37.8 Å². The second kappa shape index (κ2) is 5.88. The van der Waals surface area contributed by atoms with Crippen molar-refractivity contribution in [3.63, 3.8) is 0 Å². The normalized spacial score (nSPS) is 21.3. The van der Waals surface area contributed by atoms with E-state index in [1.54, 1.807) is 11.8 Å². The molecule has 2 amide bonds. The highest BCUT2D eigenvalue weighted by Gasteiger charge is 2.47. The molecule has 0 saturated carbocycles. The molecular weight excluding hydrogens is 264 g/mol. The molecule has 1 aromatic rings. The molecule has 4 nitrogen and oxygen atoms in total. The number of benzene rings is 1. The smallest absolute Gasteiger partial charge is 0.249 e. The first kappa shape index (κ1) is 15.5. The van der Waals surface area contributed by atoms with E-state index < -0.39 is 11.6 Å². The molecular formula is C17H24N2O2. The van der Waals surface area contributed by atoms with Crippen molar-refractivity contribution in [2.75, 3.05) is 0 Å². The van der Waals surface area contributed by atoms with Crippen LogP contribution in [0.15, 0.2) is 24.3 Å². The first-order valence-electron chi connectivity index (χ1n) is 7.62. The fourth-order valence-corrected chi connectivity index (χ4v) is 2.90. The van der Waals surface area contributed by atoms with Crippen molar-refractivity contribution in [3.05, 3.63) is 35.4 Å². The Morgan fingerprint density at radius 3 is 2.38 bits per heavy atom. The van der Waals surface area contributed by atoms with Gasteiger partial charge in [0.2, 0.25) is 11.8 Å². The van der Waals surface area contributed by atoms with Gasteiger partial charge in [0, 0.05) is 6.54 Å². The first-order chi connectivity index (χ1) is 9.95. The highest BCUT2D eigenvalue weighted by molar-refractivity contribution is 5.99. The van der Waals surface area contributed by atoms with E-state index >= 15 is 0 Å². The van der Waals surface area contributed by atoms with E-state index in [-0.39, 0.29) is 11.8 Å². The summed E-state index contributed by atoms with van der Waals surface area (Å²) in [6.45, 7) is 8.21. The molecule has 114 valence electrons. The summed E-state index contributed by atoms with van der Waals surface area (Å²) in [6, 6.07) is 7.57. The van der Waals surface area contributed by atoms with Crippen LogP contribution in [0.25, 0.3) is 0 Å². The summed E-state index contributed by atoms with van der Waals surface area (Å²) < 4.78 is 0. The number of aryl methyl sites for hydroxylation is 1. The Kier molecular flexibility index (Phi) is 4.35. The molecule has 1 fully saturated rings. The van der Waals surface area contributed by atoms with E-state index in [1.807, 2.05) is 45.0 Å². The zero-order valence-electron chi connectivity index (χ0n) is 13.3. The predicted octanol–water partition coefficient (Wildman–Crippen LogP) is 2.40. The van der Waals surface area contributed by atoms with Crippen molar-refractivity contribution >= 4 is 11.8 Å². The molecule has 21 heavy (non-hydrogen) atoms. The Morgan fingerprint density at radius 2 is 1.81 bits per heavy atom. The first-order valence-corrected chi connectivity index (χ1v) is 7.62. The van der Waals surface area contributed by atoms with Crippen LogP contribution in [0.1, 0.15) is 44.7 Å². The van der Waals surface area contributed by atoms with Crippen molar-refractivity contribution in [2.24, 2.45) is 0 Å².